The van der Waals surface area contributed by atoms with Gasteiger partial charge < -0.3 is 5.32 Å². The lowest BCUT2D eigenvalue weighted by atomic mass is 9.98. The van der Waals surface area contributed by atoms with Crippen LogP contribution >= 0.6 is 0 Å². The van der Waals surface area contributed by atoms with Gasteiger partial charge in [-0.2, -0.15) is 0 Å². The summed E-state index contributed by atoms with van der Waals surface area (Å²) in [6.45, 7) is 4.95. The van der Waals surface area contributed by atoms with Crippen molar-refractivity contribution in [1.29, 1.82) is 0 Å². The maximum atomic E-state index is 11.8. The summed E-state index contributed by atoms with van der Waals surface area (Å²) in [4.78, 5) is 11.8. The van der Waals surface area contributed by atoms with Gasteiger partial charge in [0.2, 0.25) is 0 Å². The normalized spacial score (nSPS) is 15.7. The minimum absolute atomic E-state index is 0.284. The van der Waals surface area contributed by atoms with Crippen molar-refractivity contribution in [2.45, 2.75) is 26.7 Å². The molecule has 1 aromatic rings. The largest absolute Gasteiger partial charge is 0.384 e. The second-order valence-electron chi connectivity index (χ2n) is 3.90. The SMILES string of the molecule is Cc1ccc(C)c2c1NCCCC2=O. The van der Waals surface area contributed by atoms with Crippen LogP contribution in [0.2, 0.25) is 0 Å². The van der Waals surface area contributed by atoms with Gasteiger partial charge in [0, 0.05) is 24.2 Å². The minimum atomic E-state index is 0.284. The maximum Gasteiger partial charge on any atom is 0.165 e. The van der Waals surface area contributed by atoms with E-state index in [1.165, 1.54) is 5.56 Å². The van der Waals surface area contributed by atoms with Crippen molar-refractivity contribution in [3.05, 3.63) is 28.8 Å². The Morgan fingerprint density at radius 2 is 1.93 bits per heavy atom. The first-order chi connectivity index (χ1) is 6.70. The Morgan fingerprint density at radius 1 is 1.21 bits per heavy atom. The van der Waals surface area contributed by atoms with Gasteiger partial charge >= 0.3 is 0 Å². The maximum absolute atomic E-state index is 11.8. The molecule has 1 heterocycles. The molecule has 74 valence electrons. The van der Waals surface area contributed by atoms with E-state index in [1.54, 1.807) is 0 Å². The number of carbonyl (C=O) groups is 1. The molecule has 2 nitrogen and oxygen atoms in total. The topological polar surface area (TPSA) is 29.1 Å². The molecule has 1 N–H and O–H groups in total. The number of benzene rings is 1. The molecule has 0 saturated carbocycles. The zero-order valence-corrected chi connectivity index (χ0v) is 8.68. The lowest BCUT2D eigenvalue weighted by Gasteiger charge is -2.12. The predicted octanol–water partition coefficient (Wildman–Crippen LogP) is 2.69. The number of nitrogens with one attached hydrogen (secondary N) is 1. The van der Waals surface area contributed by atoms with Crippen LogP contribution < -0.4 is 5.32 Å². The third kappa shape index (κ3) is 1.41. The predicted molar refractivity (Wildman–Crippen MR) is 58.0 cm³/mol. The number of rotatable bonds is 0. The molecule has 1 aromatic carbocycles. The Hall–Kier alpha value is -1.31. The summed E-state index contributed by atoms with van der Waals surface area (Å²) < 4.78 is 0. The number of Topliss-reactive ketones (excluding diaryl/α,β-unsaturated/α-hetero) is 1. The van der Waals surface area contributed by atoms with Crippen molar-refractivity contribution < 1.29 is 4.79 Å². The standard InChI is InChI=1S/C12H15NO/c1-8-5-6-9(2)12-11(8)10(14)4-3-7-13-12/h5-6,13H,3-4,7H2,1-2H3. The lowest BCUT2D eigenvalue weighted by molar-refractivity contribution is 0.0983. The molecule has 0 fully saturated rings. The fraction of sp³-hybridized carbons (Fsp3) is 0.417. The molecule has 0 amide bonds. The quantitative estimate of drug-likeness (QED) is 0.679. The highest BCUT2D eigenvalue weighted by Gasteiger charge is 2.18. The molecule has 0 radical (unpaired) electrons. The van der Waals surface area contributed by atoms with E-state index in [-0.39, 0.29) is 5.78 Å². The van der Waals surface area contributed by atoms with E-state index in [2.05, 4.69) is 11.4 Å². The van der Waals surface area contributed by atoms with Gasteiger partial charge in [0.25, 0.3) is 0 Å². The molecule has 2 rings (SSSR count). The number of anilines is 1. The number of hydrogen-bond acceptors (Lipinski definition) is 2. The minimum Gasteiger partial charge on any atom is -0.384 e. The number of hydrogen-bond donors (Lipinski definition) is 1. The molecule has 0 bridgehead atoms. The summed E-state index contributed by atoms with van der Waals surface area (Å²) >= 11 is 0. The van der Waals surface area contributed by atoms with Gasteiger partial charge in [0.05, 0.1) is 0 Å². The molecule has 0 aliphatic carbocycles. The van der Waals surface area contributed by atoms with Crippen molar-refractivity contribution in [1.82, 2.24) is 0 Å². The molecule has 0 spiro atoms. The number of fused-ring (bicyclic) bond motifs is 1. The van der Waals surface area contributed by atoms with E-state index in [0.29, 0.717) is 6.42 Å². The smallest absolute Gasteiger partial charge is 0.165 e. The van der Waals surface area contributed by atoms with E-state index in [0.717, 1.165) is 29.8 Å². The molecule has 1 aliphatic rings. The Morgan fingerprint density at radius 3 is 2.71 bits per heavy atom. The van der Waals surface area contributed by atoms with Crippen LogP contribution in [0.3, 0.4) is 0 Å². The summed E-state index contributed by atoms with van der Waals surface area (Å²) in [6, 6.07) is 4.10. The van der Waals surface area contributed by atoms with Crippen LogP contribution in [0.25, 0.3) is 0 Å². The fourth-order valence-corrected chi connectivity index (χ4v) is 1.99. The average Bonchev–Trinajstić information content (AvgIpc) is 2.35. The molecule has 1 aliphatic heterocycles. The molecule has 0 saturated heterocycles. The highest BCUT2D eigenvalue weighted by Crippen LogP contribution is 2.27. The van der Waals surface area contributed by atoms with Crippen molar-refractivity contribution >= 4 is 11.5 Å². The van der Waals surface area contributed by atoms with Crippen molar-refractivity contribution in [2.24, 2.45) is 0 Å². The number of aryl methyl sites for hydroxylation is 2. The first-order valence-corrected chi connectivity index (χ1v) is 5.07. The van der Waals surface area contributed by atoms with Gasteiger partial charge in [0.1, 0.15) is 0 Å². The second-order valence-corrected chi connectivity index (χ2v) is 3.90. The van der Waals surface area contributed by atoms with Crippen LogP contribution in [0.1, 0.15) is 34.3 Å². The number of ketones is 1. The van der Waals surface area contributed by atoms with Crippen molar-refractivity contribution in [3.63, 3.8) is 0 Å². The van der Waals surface area contributed by atoms with E-state index >= 15 is 0 Å². The Kier molecular flexibility index (Phi) is 2.28. The molecule has 0 atom stereocenters. The van der Waals surface area contributed by atoms with E-state index in [1.807, 2.05) is 19.9 Å². The van der Waals surface area contributed by atoms with E-state index in [9.17, 15) is 4.79 Å². The molecular formula is C12H15NO. The Balaban J connectivity index is 2.62. The highest BCUT2D eigenvalue weighted by molar-refractivity contribution is 6.03. The van der Waals surface area contributed by atoms with E-state index < -0.39 is 0 Å². The summed E-state index contributed by atoms with van der Waals surface area (Å²) in [5.74, 6) is 0.284. The Labute approximate surface area is 84.3 Å². The van der Waals surface area contributed by atoms with Gasteiger partial charge in [-0.05, 0) is 31.4 Å². The van der Waals surface area contributed by atoms with E-state index in [4.69, 9.17) is 0 Å². The van der Waals surface area contributed by atoms with Crippen LogP contribution in [-0.4, -0.2) is 12.3 Å². The summed E-state index contributed by atoms with van der Waals surface area (Å²) in [5.41, 5.74) is 4.21. The summed E-state index contributed by atoms with van der Waals surface area (Å²) in [6.07, 6.45) is 1.61. The third-order valence-electron chi connectivity index (χ3n) is 2.78. The highest BCUT2D eigenvalue weighted by atomic mass is 16.1. The van der Waals surface area contributed by atoms with Gasteiger partial charge in [-0.25, -0.2) is 0 Å². The first-order valence-electron chi connectivity index (χ1n) is 5.07. The zero-order valence-electron chi connectivity index (χ0n) is 8.68. The zero-order chi connectivity index (χ0) is 10.1. The van der Waals surface area contributed by atoms with Gasteiger partial charge in [-0.1, -0.05) is 12.1 Å². The monoisotopic (exact) mass is 189 g/mol. The molecule has 2 heteroatoms. The van der Waals surface area contributed by atoms with Crippen LogP contribution in [0.5, 0.6) is 0 Å². The second kappa shape index (κ2) is 3.45. The summed E-state index contributed by atoms with van der Waals surface area (Å²) in [5, 5.41) is 3.34. The molecule has 0 aromatic heterocycles. The number of carbonyl (C=O) groups excluding carboxylic acids is 1. The van der Waals surface area contributed by atoms with Crippen LogP contribution in [0, 0.1) is 13.8 Å². The average molecular weight is 189 g/mol. The molecule has 14 heavy (non-hydrogen) atoms. The van der Waals surface area contributed by atoms with Crippen LogP contribution in [0.4, 0.5) is 5.69 Å². The summed E-state index contributed by atoms with van der Waals surface area (Å²) in [7, 11) is 0. The van der Waals surface area contributed by atoms with Gasteiger partial charge in [0.15, 0.2) is 5.78 Å². The van der Waals surface area contributed by atoms with Crippen molar-refractivity contribution in [3.8, 4) is 0 Å². The van der Waals surface area contributed by atoms with Gasteiger partial charge in [-0.3, -0.25) is 4.79 Å². The lowest BCUT2D eigenvalue weighted by Crippen LogP contribution is -2.04. The van der Waals surface area contributed by atoms with Crippen LogP contribution in [0.15, 0.2) is 12.1 Å². The van der Waals surface area contributed by atoms with Crippen LogP contribution in [-0.2, 0) is 0 Å². The Bertz CT molecular complexity index is 382. The third-order valence-corrected chi connectivity index (χ3v) is 2.78. The van der Waals surface area contributed by atoms with Crippen molar-refractivity contribution in [2.75, 3.05) is 11.9 Å². The fourth-order valence-electron chi connectivity index (χ4n) is 1.99. The first kappa shape index (κ1) is 9.25. The van der Waals surface area contributed by atoms with Gasteiger partial charge in [-0.15, -0.1) is 0 Å². The molecular weight excluding hydrogens is 174 g/mol. The molecule has 0 unspecified atom stereocenters.